The van der Waals surface area contributed by atoms with Gasteiger partial charge in [-0.25, -0.2) is 0 Å². The van der Waals surface area contributed by atoms with E-state index in [9.17, 15) is 9.59 Å². The molecule has 1 fully saturated rings. The Morgan fingerprint density at radius 3 is 2.50 bits per heavy atom. The molecule has 1 aliphatic rings. The van der Waals surface area contributed by atoms with E-state index in [0.717, 1.165) is 33.7 Å². The molecule has 5 rings (SSSR count). The molecule has 0 atom stereocenters. The summed E-state index contributed by atoms with van der Waals surface area (Å²) in [7, 11) is 1.58. The van der Waals surface area contributed by atoms with Gasteiger partial charge >= 0.3 is 0 Å². The maximum atomic E-state index is 12.9. The standard InChI is InChI=1S/C30H24ClNO5S/c1-35-26-14-9-20(17-27(26)37-19-22-7-4-6-21-5-2-3-8-25(21)22)18-28-29(33)32(30(34)38-28)15-16-36-24-12-10-23(31)11-13-24/h2-14,17-18H,15-16,19H2,1H3/b28-18-. The highest BCUT2D eigenvalue weighted by Crippen LogP contribution is 2.35. The third-order valence-electron chi connectivity index (χ3n) is 6.02. The number of carbonyl (C=O) groups is 2. The van der Waals surface area contributed by atoms with E-state index in [-0.39, 0.29) is 24.3 Å². The largest absolute Gasteiger partial charge is 0.493 e. The Balaban J connectivity index is 1.27. The lowest BCUT2D eigenvalue weighted by molar-refractivity contribution is -0.123. The number of benzene rings is 4. The van der Waals surface area contributed by atoms with Gasteiger partial charge in [0.1, 0.15) is 19.0 Å². The van der Waals surface area contributed by atoms with E-state index < -0.39 is 0 Å². The molecule has 0 unspecified atom stereocenters. The first-order chi connectivity index (χ1) is 18.5. The monoisotopic (exact) mass is 545 g/mol. The maximum Gasteiger partial charge on any atom is 0.293 e. The van der Waals surface area contributed by atoms with E-state index in [1.54, 1.807) is 43.5 Å². The van der Waals surface area contributed by atoms with E-state index >= 15 is 0 Å². The van der Waals surface area contributed by atoms with Crippen LogP contribution < -0.4 is 14.2 Å². The summed E-state index contributed by atoms with van der Waals surface area (Å²) in [5.74, 6) is 1.39. The van der Waals surface area contributed by atoms with Crippen molar-refractivity contribution in [1.82, 2.24) is 4.90 Å². The molecule has 1 heterocycles. The van der Waals surface area contributed by atoms with Gasteiger partial charge < -0.3 is 14.2 Å². The summed E-state index contributed by atoms with van der Waals surface area (Å²) < 4.78 is 17.3. The average molecular weight is 546 g/mol. The molecule has 192 valence electrons. The lowest BCUT2D eigenvalue weighted by Crippen LogP contribution is -2.32. The highest BCUT2D eigenvalue weighted by atomic mass is 35.5. The molecule has 4 aromatic carbocycles. The van der Waals surface area contributed by atoms with Crippen molar-refractivity contribution >= 4 is 51.4 Å². The van der Waals surface area contributed by atoms with Gasteiger partial charge in [0.25, 0.3) is 11.1 Å². The number of carbonyl (C=O) groups excluding carboxylic acids is 2. The van der Waals surface area contributed by atoms with Gasteiger partial charge in [-0.15, -0.1) is 0 Å². The van der Waals surface area contributed by atoms with Crippen LogP contribution in [0.3, 0.4) is 0 Å². The minimum absolute atomic E-state index is 0.145. The second-order valence-electron chi connectivity index (χ2n) is 8.47. The summed E-state index contributed by atoms with van der Waals surface area (Å²) >= 11 is 6.79. The van der Waals surface area contributed by atoms with E-state index in [4.69, 9.17) is 25.8 Å². The molecule has 0 radical (unpaired) electrons. The van der Waals surface area contributed by atoms with Crippen LogP contribution in [-0.2, 0) is 11.4 Å². The fraction of sp³-hybridized carbons (Fsp3) is 0.133. The van der Waals surface area contributed by atoms with E-state index in [1.807, 2.05) is 36.4 Å². The number of amides is 2. The van der Waals surface area contributed by atoms with Crippen LogP contribution in [0.5, 0.6) is 17.2 Å². The molecule has 0 N–H and O–H groups in total. The van der Waals surface area contributed by atoms with Gasteiger partial charge in [0.2, 0.25) is 0 Å². The van der Waals surface area contributed by atoms with Gasteiger partial charge in [-0.1, -0.05) is 60.1 Å². The quantitative estimate of drug-likeness (QED) is 0.207. The SMILES string of the molecule is COc1ccc(/C=C2\SC(=O)N(CCOc3ccc(Cl)cc3)C2=O)cc1OCc1cccc2ccccc12. The minimum Gasteiger partial charge on any atom is -0.493 e. The third kappa shape index (κ3) is 5.79. The van der Waals surface area contributed by atoms with E-state index in [1.165, 1.54) is 4.90 Å². The summed E-state index contributed by atoms with van der Waals surface area (Å²) in [6, 6.07) is 26.6. The highest BCUT2D eigenvalue weighted by molar-refractivity contribution is 8.18. The van der Waals surface area contributed by atoms with Crippen molar-refractivity contribution < 1.29 is 23.8 Å². The first-order valence-electron chi connectivity index (χ1n) is 11.9. The topological polar surface area (TPSA) is 65.1 Å². The van der Waals surface area contributed by atoms with Crippen LogP contribution >= 0.6 is 23.4 Å². The third-order valence-corrected chi connectivity index (χ3v) is 7.18. The van der Waals surface area contributed by atoms with Crippen LogP contribution in [0.2, 0.25) is 5.02 Å². The highest BCUT2D eigenvalue weighted by Gasteiger charge is 2.34. The number of imide groups is 1. The van der Waals surface area contributed by atoms with Gasteiger partial charge in [0.15, 0.2) is 11.5 Å². The molecule has 8 heteroatoms. The zero-order valence-electron chi connectivity index (χ0n) is 20.6. The van der Waals surface area contributed by atoms with Crippen molar-refractivity contribution in [3.05, 3.63) is 106 Å². The Morgan fingerprint density at radius 2 is 1.68 bits per heavy atom. The molecular formula is C30H24ClNO5S. The molecule has 0 bridgehead atoms. The Kier molecular flexibility index (Phi) is 7.86. The fourth-order valence-electron chi connectivity index (χ4n) is 4.10. The molecule has 38 heavy (non-hydrogen) atoms. The second-order valence-corrected chi connectivity index (χ2v) is 9.90. The Hall–Kier alpha value is -3.94. The smallest absolute Gasteiger partial charge is 0.293 e. The molecule has 2 amide bonds. The molecule has 0 spiro atoms. The predicted octanol–water partition coefficient (Wildman–Crippen LogP) is 7.20. The summed E-state index contributed by atoms with van der Waals surface area (Å²) in [5.41, 5.74) is 1.78. The number of hydrogen-bond donors (Lipinski definition) is 0. The van der Waals surface area contributed by atoms with Crippen molar-refractivity contribution in [2.24, 2.45) is 0 Å². The fourth-order valence-corrected chi connectivity index (χ4v) is 5.09. The van der Waals surface area contributed by atoms with Crippen LogP contribution in [0.15, 0.2) is 89.8 Å². The molecule has 6 nitrogen and oxygen atoms in total. The number of hydrogen-bond acceptors (Lipinski definition) is 6. The van der Waals surface area contributed by atoms with Crippen LogP contribution in [0, 0.1) is 0 Å². The number of rotatable bonds is 9. The Morgan fingerprint density at radius 1 is 0.895 bits per heavy atom. The Bertz CT molecular complexity index is 1510. The predicted molar refractivity (Wildman–Crippen MR) is 151 cm³/mol. The van der Waals surface area contributed by atoms with Crippen LogP contribution in [0.4, 0.5) is 4.79 Å². The van der Waals surface area contributed by atoms with Gasteiger partial charge in [-0.3, -0.25) is 14.5 Å². The average Bonchev–Trinajstić information content (AvgIpc) is 3.20. The normalized spacial score (nSPS) is 14.4. The molecule has 1 aliphatic heterocycles. The van der Waals surface area contributed by atoms with E-state index in [0.29, 0.717) is 33.8 Å². The van der Waals surface area contributed by atoms with E-state index in [2.05, 4.69) is 18.2 Å². The molecule has 0 aliphatic carbocycles. The minimum atomic E-state index is -0.353. The first kappa shape index (κ1) is 25.7. The van der Waals surface area contributed by atoms with Crippen molar-refractivity contribution in [3.8, 4) is 17.2 Å². The molecular weight excluding hydrogens is 522 g/mol. The Labute approximate surface area is 229 Å². The van der Waals surface area contributed by atoms with Crippen LogP contribution in [-0.4, -0.2) is 36.3 Å². The lowest BCUT2D eigenvalue weighted by Gasteiger charge is -2.13. The van der Waals surface area contributed by atoms with Crippen molar-refractivity contribution in [2.45, 2.75) is 6.61 Å². The summed E-state index contributed by atoms with van der Waals surface area (Å²) in [5, 5.41) is 2.54. The van der Waals surface area contributed by atoms with Crippen LogP contribution in [0.25, 0.3) is 16.8 Å². The van der Waals surface area contributed by atoms with Gasteiger partial charge in [0, 0.05) is 5.02 Å². The zero-order chi connectivity index (χ0) is 26.5. The zero-order valence-corrected chi connectivity index (χ0v) is 22.1. The first-order valence-corrected chi connectivity index (χ1v) is 13.1. The maximum absolute atomic E-state index is 12.9. The summed E-state index contributed by atoms with van der Waals surface area (Å²) in [6.07, 6.45) is 1.69. The number of methoxy groups -OCH3 is 1. The summed E-state index contributed by atoms with van der Waals surface area (Å²) in [4.78, 5) is 27.0. The summed E-state index contributed by atoms with van der Waals surface area (Å²) in [6.45, 7) is 0.680. The second kappa shape index (κ2) is 11.6. The van der Waals surface area contributed by atoms with Crippen LogP contribution in [0.1, 0.15) is 11.1 Å². The van der Waals surface area contributed by atoms with Gasteiger partial charge in [0.05, 0.1) is 18.6 Å². The molecule has 1 saturated heterocycles. The number of ether oxygens (including phenoxy) is 3. The number of thioether (sulfide) groups is 1. The van der Waals surface area contributed by atoms with Crippen molar-refractivity contribution in [2.75, 3.05) is 20.3 Å². The van der Waals surface area contributed by atoms with Gasteiger partial charge in [-0.2, -0.15) is 0 Å². The van der Waals surface area contributed by atoms with Crippen molar-refractivity contribution in [1.29, 1.82) is 0 Å². The van der Waals surface area contributed by atoms with Crippen molar-refractivity contribution in [3.63, 3.8) is 0 Å². The van der Waals surface area contributed by atoms with Gasteiger partial charge in [-0.05, 0) is 76.1 Å². The molecule has 0 saturated carbocycles. The molecule has 4 aromatic rings. The number of fused-ring (bicyclic) bond motifs is 1. The lowest BCUT2D eigenvalue weighted by atomic mass is 10.1. The molecule has 0 aromatic heterocycles. The number of halogens is 1. The number of nitrogens with zero attached hydrogens (tertiary/aromatic N) is 1.